The summed E-state index contributed by atoms with van der Waals surface area (Å²) in [5.41, 5.74) is -0.423. The molecular weight excluding hydrogens is 447 g/mol. The lowest BCUT2D eigenvalue weighted by molar-refractivity contribution is -0.137. The molecule has 1 aliphatic heterocycles. The van der Waals surface area contributed by atoms with Crippen molar-refractivity contribution in [3.05, 3.63) is 42.7 Å². The van der Waals surface area contributed by atoms with Crippen molar-refractivity contribution in [2.45, 2.75) is 56.5 Å². The standard InChI is InChI=1S/C24H30F3N5O2/c1-2-3-21(33)15-4-7-18(8-5-15)32-12-17(13-32)31-22(34)11-28-23-19-10-16(24(25,26)27)6-9-20(19)29-14-30-23/h2,6,9-10,14-15,17-18,21,33H,1,3-5,7-8,11-13H2,(H,31,34)(H,28,29,30)/t15?,18?,21-/m0/s1. The summed E-state index contributed by atoms with van der Waals surface area (Å²) in [5.74, 6) is 0.290. The van der Waals surface area contributed by atoms with E-state index in [0.717, 1.165) is 50.9 Å². The number of hydrogen-bond acceptors (Lipinski definition) is 6. The van der Waals surface area contributed by atoms with Gasteiger partial charge in [-0.25, -0.2) is 9.97 Å². The molecule has 1 saturated heterocycles. The van der Waals surface area contributed by atoms with Crippen LogP contribution in [0.25, 0.3) is 10.9 Å². The lowest BCUT2D eigenvalue weighted by atomic mass is 9.80. The smallest absolute Gasteiger partial charge is 0.393 e. The van der Waals surface area contributed by atoms with Crippen molar-refractivity contribution >= 4 is 22.6 Å². The minimum Gasteiger partial charge on any atom is -0.393 e. The molecule has 2 aromatic rings. The molecule has 34 heavy (non-hydrogen) atoms. The van der Waals surface area contributed by atoms with Crippen LogP contribution in [0.1, 0.15) is 37.7 Å². The van der Waals surface area contributed by atoms with Crippen LogP contribution in [-0.2, 0) is 11.0 Å². The Balaban J connectivity index is 1.23. The second-order valence-electron chi connectivity index (χ2n) is 9.18. The van der Waals surface area contributed by atoms with E-state index in [1.165, 1.54) is 12.4 Å². The van der Waals surface area contributed by atoms with E-state index >= 15 is 0 Å². The van der Waals surface area contributed by atoms with E-state index in [4.69, 9.17) is 0 Å². The average Bonchev–Trinajstić information content (AvgIpc) is 2.79. The highest BCUT2D eigenvalue weighted by Gasteiger charge is 2.36. The van der Waals surface area contributed by atoms with Crippen molar-refractivity contribution in [3.8, 4) is 0 Å². The van der Waals surface area contributed by atoms with Gasteiger partial charge in [0.25, 0.3) is 0 Å². The van der Waals surface area contributed by atoms with Crippen LogP contribution in [0.4, 0.5) is 19.0 Å². The lowest BCUT2D eigenvalue weighted by Crippen LogP contribution is -2.63. The second kappa shape index (κ2) is 10.3. The van der Waals surface area contributed by atoms with Crippen LogP contribution in [0, 0.1) is 5.92 Å². The van der Waals surface area contributed by atoms with Gasteiger partial charge in [0.05, 0.1) is 29.8 Å². The fourth-order valence-electron chi connectivity index (χ4n) is 4.93. The highest BCUT2D eigenvalue weighted by atomic mass is 19.4. The molecule has 4 rings (SSSR count). The van der Waals surface area contributed by atoms with Crippen LogP contribution in [0.2, 0.25) is 0 Å². The maximum absolute atomic E-state index is 13.1. The number of aliphatic hydroxyl groups is 1. The predicted molar refractivity (Wildman–Crippen MR) is 123 cm³/mol. The Kier molecular flexibility index (Phi) is 7.37. The van der Waals surface area contributed by atoms with E-state index in [9.17, 15) is 23.1 Å². The Bertz CT molecular complexity index is 1020. The molecule has 2 aliphatic rings. The summed E-state index contributed by atoms with van der Waals surface area (Å²) in [7, 11) is 0. The minimum atomic E-state index is -4.47. The maximum Gasteiger partial charge on any atom is 0.416 e. The molecule has 3 N–H and O–H groups in total. The molecule has 2 fully saturated rings. The summed E-state index contributed by atoms with van der Waals surface area (Å²) in [6.07, 6.45) is 2.96. The predicted octanol–water partition coefficient (Wildman–Crippen LogP) is 3.36. The van der Waals surface area contributed by atoms with Crippen LogP contribution < -0.4 is 10.6 Å². The van der Waals surface area contributed by atoms with Crippen LogP contribution in [0.15, 0.2) is 37.2 Å². The molecule has 0 unspecified atom stereocenters. The first-order valence-electron chi connectivity index (χ1n) is 11.6. The van der Waals surface area contributed by atoms with Gasteiger partial charge in [0.15, 0.2) is 0 Å². The fraction of sp³-hybridized carbons (Fsp3) is 0.542. The van der Waals surface area contributed by atoms with Gasteiger partial charge in [-0.2, -0.15) is 13.2 Å². The van der Waals surface area contributed by atoms with Crippen molar-refractivity contribution in [1.29, 1.82) is 0 Å². The molecule has 1 aromatic heterocycles. The zero-order valence-corrected chi connectivity index (χ0v) is 18.9. The Morgan fingerprint density at radius 2 is 1.97 bits per heavy atom. The van der Waals surface area contributed by atoms with Crippen LogP contribution in [-0.4, -0.2) is 63.7 Å². The van der Waals surface area contributed by atoms with Crippen LogP contribution in [0.3, 0.4) is 0 Å². The fourth-order valence-corrected chi connectivity index (χ4v) is 4.93. The van der Waals surface area contributed by atoms with Gasteiger partial charge in [-0.1, -0.05) is 6.08 Å². The monoisotopic (exact) mass is 477 g/mol. The van der Waals surface area contributed by atoms with Gasteiger partial charge in [-0.15, -0.1) is 6.58 Å². The molecule has 1 atom stereocenters. The van der Waals surface area contributed by atoms with Gasteiger partial charge in [0.1, 0.15) is 12.1 Å². The molecule has 1 amide bonds. The normalized spacial score (nSPS) is 22.7. The highest BCUT2D eigenvalue weighted by molar-refractivity contribution is 5.91. The van der Waals surface area contributed by atoms with Gasteiger partial charge >= 0.3 is 6.18 Å². The number of halogens is 3. The zero-order valence-electron chi connectivity index (χ0n) is 18.9. The molecule has 0 radical (unpaired) electrons. The zero-order chi connectivity index (χ0) is 24.3. The number of carbonyl (C=O) groups excluding carboxylic acids is 1. The number of rotatable bonds is 8. The van der Waals surface area contributed by atoms with Crippen molar-refractivity contribution in [1.82, 2.24) is 20.2 Å². The number of benzene rings is 1. The number of nitrogens with one attached hydrogen (secondary N) is 2. The molecule has 0 spiro atoms. The van der Waals surface area contributed by atoms with Gasteiger partial charge in [-0.3, -0.25) is 9.69 Å². The number of alkyl halides is 3. The third kappa shape index (κ3) is 5.67. The van der Waals surface area contributed by atoms with E-state index < -0.39 is 11.7 Å². The first kappa shape index (κ1) is 24.4. The molecule has 1 aromatic carbocycles. The van der Waals surface area contributed by atoms with E-state index in [2.05, 4.69) is 32.1 Å². The number of carbonyl (C=O) groups is 1. The Hall–Kier alpha value is -2.72. The van der Waals surface area contributed by atoms with Gasteiger partial charge in [-0.05, 0) is 56.2 Å². The number of aliphatic hydroxyl groups excluding tert-OH is 1. The first-order chi connectivity index (χ1) is 16.2. The first-order valence-corrected chi connectivity index (χ1v) is 11.6. The summed E-state index contributed by atoms with van der Waals surface area (Å²) >= 11 is 0. The molecule has 1 aliphatic carbocycles. The number of anilines is 1. The molecule has 184 valence electrons. The maximum atomic E-state index is 13.1. The highest BCUT2D eigenvalue weighted by Crippen LogP contribution is 2.33. The number of likely N-dealkylation sites (tertiary alicyclic amines) is 1. The number of fused-ring (bicyclic) bond motifs is 1. The van der Waals surface area contributed by atoms with Crippen molar-refractivity contribution in [3.63, 3.8) is 0 Å². The molecular formula is C24H30F3N5O2. The molecule has 7 nitrogen and oxygen atoms in total. The minimum absolute atomic E-state index is 0.0531. The van der Waals surface area contributed by atoms with Crippen LogP contribution >= 0.6 is 0 Å². The van der Waals surface area contributed by atoms with Crippen LogP contribution in [0.5, 0.6) is 0 Å². The lowest BCUT2D eigenvalue weighted by Gasteiger charge is -2.47. The van der Waals surface area contributed by atoms with E-state index in [1.54, 1.807) is 6.08 Å². The van der Waals surface area contributed by atoms with E-state index in [-0.39, 0.29) is 35.8 Å². The van der Waals surface area contributed by atoms with Crippen molar-refractivity contribution < 1.29 is 23.1 Å². The summed E-state index contributed by atoms with van der Waals surface area (Å²) < 4.78 is 39.2. The van der Waals surface area contributed by atoms with Gasteiger partial charge in [0.2, 0.25) is 5.91 Å². The van der Waals surface area contributed by atoms with E-state index in [1.807, 2.05) is 0 Å². The SMILES string of the molecule is C=CC[C@H](O)C1CCC(N2CC(NC(=O)CNc3ncnc4ccc(C(F)(F)F)cc34)C2)CC1. The van der Waals surface area contributed by atoms with Gasteiger partial charge in [0, 0.05) is 24.5 Å². The molecule has 2 heterocycles. The summed E-state index contributed by atoms with van der Waals surface area (Å²) in [6, 6.07) is 3.79. The number of aromatic nitrogens is 2. The molecule has 10 heteroatoms. The van der Waals surface area contributed by atoms with Crippen molar-refractivity contribution in [2.24, 2.45) is 5.92 Å². The Labute approximate surface area is 196 Å². The average molecular weight is 478 g/mol. The van der Waals surface area contributed by atoms with Gasteiger partial charge < -0.3 is 15.7 Å². The van der Waals surface area contributed by atoms with Crippen molar-refractivity contribution in [2.75, 3.05) is 25.0 Å². The molecule has 0 bridgehead atoms. The van der Waals surface area contributed by atoms with E-state index in [0.29, 0.717) is 23.9 Å². The summed E-state index contributed by atoms with van der Waals surface area (Å²) in [5, 5.41) is 16.2. The summed E-state index contributed by atoms with van der Waals surface area (Å²) in [4.78, 5) is 22.8. The topological polar surface area (TPSA) is 90.4 Å². The Morgan fingerprint density at radius 3 is 2.65 bits per heavy atom. The second-order valence-corrected chi connectivity index (χ2v) is 9.18. The largest absolute Gasteiger partial charge is 0.416 e. The Morgan fingerprint density at radius 1 is 1.24 bits per heavy atom. The number of amides is 1. The summed E-state index contributed by atoms with van der Waals surface area (Å²) in [6.45, 7) is 5.16. The number of hydrogen-bond donors (Lipinski definition) is 3. The third-order valence-corrected chi connectivity index (χ3v) is 6.86. The number of nitrogens with zero attached hydrogens (tertiary/aromatic N) is 3. The quantitative estimate of drug-likeness (QED) is 0.506. The molecule has 1 saturated carbocycles. The third-order valence-electron chi connectivity index (χ3n) is 6.86.